The van der Waals surface area contributed by atoms with Crippen LogP contribution < -0.4 is 10.9 Å². The Morgan fingerprint density at radius 2 is 1.89 bits per heavy atom. The second-order valence-corrected chi connectivity index (χ2v) is 3.92. The summed E-state index contributed by atoms with van der Waals surface area (Å²) < 4.78 is 0. The third-order valence-corrected chi connectivity index (χ3v) is 2.31. The number of amides is 1. The van der Waals surface area contributed by atoms with Crippen molar-refractivity contribution in [3.05, 3.63) is 35.9 Å². The van der Waals surface area contributed by atoms with E-state index in [9.17, 15) is 14.4 Å². The van der Waals surface area contributed by atoms with Gasteiger partial charge in [-0.2, -0.15) is 0 Å². The van der Waals surface area contributed by atoms with Crippen molar-refractivity contribution in [1.29, 1.82) is 0 Å². The first-order valence-electron chi connectivity index (χ1n) is 5.69. The van der Waals surface area contributed by atoms with Gasteiger partial charge in [0.1, 0.15) is 5.78 Å². The molecule has 2 N–H and O–H groups in total. The summed E-state index contributed by atoms with van der Waals surface area (Å²) >= 11 is 0. The van der Waals surface area contributed by atoms with Crippen LogP contribution in [0.5, 0.6) is 0 Å². The van der Waals surface area contributed by atoms with Crippen LogP contribution in [0.4, 0.5) is 0 Å². The molecule has 0 spiro atoms. The average molecular weight is 248 g/mol. The van der Waals surface area contributed by atoms with Crippen molar-refractivity contribution >= 4 is 17.5 Å². The first kappa shape index (κ1) is 14.1. The van der Waals surface area contributed by atoms with Crippen LogP contribution in [0.3, 0.4) is 0 Å². The maximum absolute atomic E-state index is 10.6. The minimum Gasteiger partial charge on any atom is -0.300 e. The smallest absolute Gasteiger partial charge is 0.300 e. The summed E-state index contributed by atoms with van der Waals surface area (Å²) in [5, 5.41) is 0. The Labute approximate surface area is 106 Å². The summed E-state index contributed by atoms with van der Waals surface area (Å²) in [5.74, 6) is -0.686. The van der Waals surface area contributed by atoms with E-state index in [-0.39, 0.29) is 12.3 Å². The van der Waals surface area contributed by atoms with Gasteiger partial charge in [-0.3, -0.25) is 15.0 Å². The van der Waals surface area contributed by atoms with Gasteiger partial charge in [0.15, 0.2) is 0 Å². The molecule has 0 saturated carbocycles. The second kappa shape index (κ2) is 7.34. The molecular formula is C13H16N2O3. The molecule has 5 nitrogen and oxygen atoms in total. The maximum Gasteiger partial charge on any atom is 0.302 e. The van der Waals surface area contributed by atoms with E-state index in [1.54, 1.807) is 6.92 Å². The molecule has 1 aliphatic heterocycles. The fraction of sp³-hybridized carbons (Fsp3) is 0.308. The van der Waals surface area contributed by atoms with Crippen LogP contribution >= 0.6 is 0 Å². The molecule has 0 aliphatic carbocycles. The maximum atomic E-state index is 10.6. The summed E-state index contributed by atoms with van der Waals surface area (Å²) in [5.41, 5.74) is 5.74. The standard InChI is InChI=1S/C10H12O.C3H4N2O2/c1-9(11)7-8-10-5-3-2-4-6-10;6-2-1-4-5-3(2)7/h2-6H,7-8H2,1H3;4H,1H2,(H,5,7). The Hall–Kier alpha value is -2.01. The third-order valence-electron chi connectivity index (χ3n) is 2.31. The van der Waals surface area contributed by atoms with Gasteiger partial charge in [-0.05, 0) is 18.9 Å². The predicted octanol–water partition coefficient (Wildman–Crippen LogP) is 0.398. The van der Waals surface area contributed by atoms with Crippen molar-refractivity contribution < 1.29 is 14.4 Å². The van der Waals surface area contributed by atoms with E-state index in [1.807, 2.05) is 30.3 Å². The lowest BCUT2D eigenvalue weighted by molar-refractivity contribution is -0.134. The molecule has 0 radical (unpaired) electrons. The molecule has 1 aromatic carbocycles. The van der Waals surface area contributed by atoms with Crippen molar-refractivity contribution in [2.75, 3.05) is 6.54 Å². The number of aryl methyl sites for hydroxylation is 1. The molecule has 1 heterocycles. The Morgan fingerprint density at radius 3 is 2.28 bits per heavy atom. The molecule has 5 heteroatoms. The topological polar surface area (TPSA) is 75.3 Å². The molecule has 1 amide bonds. The lowest BCUT2D eigenvalue weighted by Crippen LogP contribution is -2.26. The second-order valence-electron chi connectivity index (χ2n) is 3.92. The fourth-order valence-electron chi connectivity index (χ4n) is 1.32. The summed E-state index contributed by atoms with van der Waals surface area (Å²) in [6.07, 6.45) is 1.53. The van der Waals surface area contributed by atoms with Crippen LogP contribution in [0.15, 0.2) is 30.3 Å². The van der Waals surface area contributed by atoms with Gasteiger partial charge in [0, 0.05) is 6.42 Å². The van der Waals surface area contributed by atoms with Crippen molar-refractivity contribution in [3.63, 3.8) is 0 Å². The molecule has 1 fully saturated rings. The molecule has 1 saturated heterocycles. The van der Waals surface area contributed by atoms with E-state index < -0.39 is 11.7 Å². The van der Waals surface area contributed by atoms with E-state index in [0.717, 1.165) is 6.42 Å². The average Bonchev–Trinajstić information content (AvgIpc) is 2.73. The zero-order chi connectivity index (χ0) is 13.4. The zero-order valence-corrected chi connectivity index (χ0v) is 10.2. The van der Waals surface area contributed by atoms with Gasteiger partial charge >= 0.3 is 5.91 Å². The highest BCUT2D eigenvalue weighted by Crippen LogP contribution is 2.01. The van der Waals surface area contributed by atoms with Crippen molar-refractivity contribution in [1.82, 2.24) is 10.9 Å². The molecule has 0 aromatic heterocycles. The number of hydrogen-bond donors (Lipinski definition) is 2. The number of ketones is 2. The summed E-state index contributed by atoms with van der Waals surface area (Å²) in [6.45, 7) is 1.75. The van der Waals surface area contributed by atoms with E-state index in [4.69, 9.17) is 0 Å². The number of rotatable bonds is 3. The van der Waals surface area contributed by atoms with Crippen LogP contribution in [0.2, 0.25) is 0 Å². The highest BCUT2D eigenvalue weighted by Gasteiger charge is 2.18. The summed E-state index contributed by atoms with van der Waals surface area (Å²) in [7, 11) is 0. The Kier molecular flexibility index (Phi) is 5.73. The van der Waals surface area contributed by atoms with Gasteiger partial charge in [0.05, 0.1) is 6.54 Å². The monoisotopic (exact) mass is 248 g/mol. The van der Waals surface area contributed by atoms with E-state index >= 15 is 0 Å². The minimum atomic E-state index is -0.542. The van der Waals surface area contributed by atoms with Crippen LogP contribution in [-0.2, 0) is 20.8 Å². The van der Waals surface area contributed by atoms with Gasteiger partial charge in [0.25, 0.3) is 0 Å². The number of hydrogen-bond acceptors (Lipinski definition) is 4. The fourth-order valence-corrected chi connectivity index (χ4v) is 1.32. The van der Waals surface area contributed by atoms with Gasteiger partial charge < -0.3 is 4.79 Å². The predicted molar refractivity (Wildman–Crippen MR) is 66.6 cm³/mol. The highest BCUT2D eigenvalue weighted by atomic mass is 16.2. The Morgan fingerprint density at radius 1 is 1.22 bits per heavy atom. The normalized spacial score (nSPS) is 13.6. The van der Waals surface area contributed by atoms with Gasteiger partial charge in [0.2, 0.25) is 5.78 Å². The molecule has 18 heavy (non-hydrogen) atoms. The number of benzene rings is 1. The number of carbonyl (C=O) groups excluding carboxylic acids is 3. The highest BCUT2D eigenvalue weighted by molar-refractivity contribution is 6.38. The lowest BCUT2D eigenvalue weighted by atomic mass is 10.1. The van der Waals surface area contributed by atoms with Gasteiger partial charge in [-0.1, -0.05) is 30.3 Å². The molecule has 0 atom stereocenters. The number of nitrogens with one attached hydrogen (secondary N) is 2. The molecule has 2 rings (SSSR count). The summed E-state index contributed by atoms with van der Waals surface area (Å²) in [6, 6.07) is 10.1. The molecule has 1 aliphatic rings. The van der Waals surface area contributed by atoms with Crippen LogP contribution in [-0.4, -0.2) is 24.0 Å². The molecule has 0 unspecified atom stereocenters. The van der Waals surface area contributed by atoms with Crippen molar-refractivity contribution in [2.24, 2.45) is 0 Å². The molecule has 96 valence electrons. The minimum absolute atomic E-state index is 0.124. The molecule has 0 bridgehead atoms. The first-order chi connectivity index (χ1) is 8.59. The SMILES string of the molecule is CC(=O)CCc1ccccc1.O=C1CNNC1=O. The van der Waals surface area contributed by atoms with Crippen LogP contribution in [0.25, 0.3) is 0 Å². The Bertz CT molecular complexity index is 415. The van der Waals surface area contributed by atoms with Crippen molar-refractivity contribution in [3.8, 4) is 0 Å². The van der Waals surface area contributed by atoms with E-state index in [2.05, 4.69) is 10.9 Å². The molecule has 1 aromatic rings. The van der Waals surface area contributed by atoms with Crippen LogP contribution in [0.1, 0.15) is 18.9 Å². The Balaban J connectivity index is 0.000000199. The van der Waals surface area contributed by atoms with Crippen molar-refractivity contribution in [2.45, 2.75) is 19.8 Å². The van der Waals surface area contributed by atoms with Gasteiger partial charge in [-0.15, -0.1) is 0 Å². The van der Waals surface area contributed by atoms with E-state index in [0.29, 0.717) is 6.42 Å². The van der Waals surface area contributed by atoms with Gasteiger partial charge in [-0.25, -0.2) is 5.43 Å². The quantitative estimate of drug-likeness (QED) is 0.759. The zero-order valence-electron chi connectivity index (χ0n) is 10.2. The third kappa shape index (κ3) is 5.36. The first-order valence-corrected chi connectivity index (χ1v) is 5.69. The largest absolute Gasteiger partial charge is 0.302 e. The van der Waals surface area contributed by atoms with E-state index in [1.165, 1.54) is 5.56 Å². The number of carbonyl (C=O) groups is 3. The van der Waals surface area contributed by atoms with Crippen LogP contribution in [0, 0.1) is 0 Å². The molecular weight excluding hydrogens is 232 g/mol. The number of hydrazine groups is 1. The summed E-state index contributed by atoms with van der Waals surface area (Å²) in [4.78, 5) is 30.8. The number of Topliss-reactive ketones (excluding diaryl/α,β-unsaturated/α-hetero) is 2. The lowest BCUT2D eigenvalue weighted by Gasteiger charge is -1.96.